The average molecular weight is 335 g/mol. The Kier molecular flexibility index (Phi) is 4.37. The Hall–Kier alpha value is -2.64. The van der Waals surface area contributed by atoms with E-state index in [4.69, 9.17) is 4.74 Å². The topological polar surface area (TPSA) is 79.0 Å². The standard InChI is InChI=1S/C16H18FN3O4/c1-10(22)18-5-13-8-24-16(23)20(13)12-2-3-14(15(17)4-12)11-6-19(7-11)9-21/h2-4,9,11,13H,5-8H2,1H3,(H,18,22)/t13-/m0/s1. The maximum absolute atomic E-state index is 14.4. The van der Waals surface area contributed by atoms with Gasteiger partial charge in [0.05, 0.1) is 11.7 Å². The van der Waals surface area contributed by atoms with Crippen LogP contribution in [0.2, 0.25) is 0 Å². The maximum atomic E-state index is 14.4. The van der Waals surface area contributed by atoms with Crippen LogP contribution in [-0.2, 0) is 14.3 Å². The zero-order chi connectivity index (χ0) is 17.3. The molecule has 1 N–H and O–H groups in total. The molecule has 2 aliphatic heterocycles. The molecule has 0 radical (unpaired) electrons. The summed E-state index contributed by atoms with van der Waals surface area (Å²) in [5.41, 5.74) is 0.920. The molecule has 2 fully saturated rings. The summed E-state index contributed by atoms with van der Waals surface area (Å²) in [5.74, 6) is -0.647. The summed E-state index contributed by atoms with van der Waals surface area (Å²) in [6.45, 7) is 2.76. The summed E-state index contributed by atoms with van der Waals surface area (Å²) < 4.78 is 19.4. The van der Waals surface area contributed by atoms with Gasteiger partial charge in [-0.2, -0.15) is 0 Å². The zero-order valence-electron chi connectivity index (χ0n) is 13.2. The van der Waals surface area contributed by atoms with Gasteiger partial charge in [0.2, 0.25) is 12.3 Å². The van der Waals surface area contributed by atoms with Gasteiger partial charge < -0.3 is 15.0 Å². The van der Waals surface area contributed by atoms with Gasteiger partial charge in [0.1, 0.15) is 12.4 Å². The van der Waals surface area contributed by atoms with Crippen LogP contribution in [0.15, 0.2) is 18.2 Å². The second-order valence-corrected chi connectivity index (χ2v) is 6.00. The minimum atomic E-state index is -0.562. The number of hydrogen-bond donors (Lipinski definition) is 1. The fourth-order valence-corrected chi connectivity index (χ4v) is 2.98. The van der Waals surface area contributed by atoms with Crippen LogP contribution in [0.3, 0.4) is 0 Å². The summed E-state index contributed by atoms with van der Waals surface area (Å²) in [6.07, 6.45) is 0.184. The second-order valence-electron chi connectivity index (χ2n) is 6.00. The van der Waals surface area contributed by atoms with Crippen molar-refractivity contribution in [2.75, 3.05) is 31.1 Å². The van der Waals surface area contributed by atoms with E-state index in [2.05, 4.69) is 5.32 Å². The minimum absolute atomic E-state index is 0.0232. The van der Waals surface area contributed by atoms with Gasteiger partial charge in [0, 0.05) is 32.5 Å². The SMILES string of the molecule is CC(=O)NC[C@H]1COC(=O)N1c1ccc(C2CN(C=O)C2)c(F)c1. The number of cyclic esters (lactones) is 1. The van der Waals surface area contributed by atoms with E-state index >= 15 is 0 Å². The number of nitrogens with zero attached hydrogens (tertiary/aromatic N) is 2. The molecule has 128 valence electrons. The van der Waals surface area contributed by atoms with Crippen molar-refractivity contribution >= 4 is 24.1 Å². The third kappa shape index (κ3) is 3.04. The Bertz CT molecular complexity index is 675. The Balaban J connectivity index is 1.75. The third-order valence-electron chi connectivity index (χ3n) is 4.31. The molecule has 3 amide bonds. The normalized spacial score (nSPS) is 20.6. The van der Waals surface area contributed by atoms with Gasteiger partial charge >= 0.3 is 6.09 Å². The first-order valence-electron chi connectivity index (χ1n) is 7.69. The van der Waals surface area contributed by atoms with Crippen molar-refractivity contribution in [2.45, 2.75) is 18.9 Å². The largest absolute Gasteiger partial charge is 0.447 e. The first-order chi connectivity index (χ1) is 11.5. The predicted molar refractivity (Wildman–Crippen MR) is 83.1 cm³/mol. The number of likely N-dealkylation sites (tertiary alicyclic amines) is 1. The molecular weight excluding hydrogens is 317 g/mol. The molecule has 8 heteroatoms. The van der Waals surface area contributed by atoms with E-state index in [9.17, 15) is 18.8 Å². The van der Waals surface area contributed by atoms with Crippen LogP contribution >= 0.6 is 0 Å². The molecule has 0 aliphatic carbocycles. The summed E-state index contributed by atoms with van der Waals surface area (Å²) in [5, 5.41) is 2.64. The molecule has 24 heavy (non-hydrogen) atoms. The number of hydrogen-bond acceptors (Lipinski definition) is 4. The number of ether oxygens (including phenoxy) is 1. The Labute approximate surface area is 138 Å². The zero-order valence-corrected chi connectivity index (χ0v) is 13.2. The number of carbonyl (C=O) groups is 3. The molecule has 3 rings (SSSR count). The first-order valence-corrected chi connectivity index (χ1v) is 7.69. The molecule has 1 atom stereocenters. The Morgan fingerprint density at radius 2 is 2.21 bits per heavy atom. The highest BCUT2D eigenvalue weighted by atomic mass is 19.1. The van der Waals surface area contributed by atoms with Crippen LogP contribution in [0, 0.1) is 5.82 Å². The van der Waals surface area contributed by atoms with Crippen LogP contribution in [0.1, 0.15) is 18.4 Å². The number of nitrogens with one attached hydrogen (secondary N) is 1. The molecular formula is C16H18FN3O4. The molecule has 2 heterocycles. The summed E-state index contributed by atoms with van der Waals surface area (Å²) in [6, 6.07) is 4.22. The lowest BCUT2D eigenvalue weighted by Gasteiger charge is -2.37. The van der Waals surface area contributed by atoms with Crippen molar-refractivity contribution in [1.82, 2.24) is 10.2 Å². The van der Waals surface area contributed by atoms with Crippen LogP contribution in [-0.4, -0.2) is 55.6 Å². The first kappa shape index (κ1) is 16.2. The molecule has 0 unspecified atom stereocenters. The third-order valence-corrected chi connectivity index (χ3v) is 4.31. The monoisotopic (exact) mass is 335 g/mol. The maximum Gasteiger partial charge on any atom is 0.414 e. The van der Waals surface area contributed by atoms with Gasteiger partial charge in [-0.05, 0) is 17.7 Å². The highest BCUT2D eigenvalue weighted by molar-refractivity contribution is 5.90. The van der Waals surface area contributed by atoms with Gasteiger partial charge in [-0.3, -0.25) is 14.5 Å². The summed E-state index contributed by atoms with van der Waals surface area (Å²) in [7, 11) is 0. The molecule has 0 spiro atoms. The fourth-order valence-electron chi connectivity index (χ4n) is 2.98. The molecule has 1 aromatic carbocycles. The number of rotatable bonds is 5. The fraction of sp³-hybridized carbons (Fsp3) is 0.438. The molecule has 0 aromatic heterocycles. The van der Waals surface area contributed by atoms with Crippen molar-refractivity contribution in [3.63, 3.8) is 0 Å². The average Bonchev–Trinajstić information content (AvgIpc) is 2.86. The second kappa shape index (κ2) is 6.46. The van der Waals surface area contributed by atoms with Gasteiger partial charge in [-0.15, -0.1) is 0 Å². The molecule has 0 bridgehead atoms. The van der Waals surface area contributed by atoms with Crippen molar-refractivity contribution in [2.24, 2.45) is 0 Å². The van der Waals surface area contributed by atoms with E-state index in [0.717, 1.165) is 6.41 Å². The Morgan fingerprint density at radius 3 is 2.83 bits per heavy atom. The highest BCUT2D eigenvalue weighted by Gasteiger charge is 2.35. The lowest BCUT2D eigenvalue weighted by molar-refractivity contribution is -0.122. The number of anilines is 1. The molecule has 7 nitrogen and oxygen atoms in total. The van der Waals surface area contributed by atoms with E-state index in [1.165, 1.54) is 17.9 Å². The number of benzene rings is 1. The summed E-state index contributed by atoms with van der Waals surface area (Å²) >= 11 is 0. The number of carbonyl (C=O) groups excluding carboxylic acids is 3. The van der Waals surface area contributed by atoms with E-state index < -0.39 is 11.9 Å². The number of amides is 3. The number of halogens is 1. The van der Waals surface area contributed by atoms with Crippen LogP contribution in [0.25, 0.3) is 0 Å². The van der Waals surface area contributed by atoms with E-state index in [1.54, 1.807) is 17.0 Å². The van der Waals surface area contributed by atoms with Crippen LogP contribution < -0.4 is 10.2 Å². The van der Waals surface area contributed by atoms with Crippen LogP contribution in [0.4, 0.5) is 14.9 Å². The van der Waals surface area contributed by atoms with Crippen molar-refractivity contribution < 1.29 is 23.5 Å². The van der Waals surface area contributed by atoms with E-state index in [1.807, 2.05) is 0 Å². The lowest BCUT2D eigenvalue weighted by atomic mass is 9.91. The minimum Gasteiger partial charge on any atom is -0.447 e. The van der Waals surface area contributed by atoms with Gasteiger partial charge in [0.15, 0.2) is 0 Å². The molecule has 1 aromatic rings. The summed E-state index contributed by atoms with van der Waals surface area (Å²) in [4.78, 5) is 36.5. The Morgan fingerprint density at radius 1 is 1.46 bits per heavy atom. The van der Waals surface area contributed by atoms with Crippen molar-refractivity contribution in [1.29, 1.82) is 0 Å². The quantitative estimate of drug-likeness (QED) is 0.809. The van der Waals surface area contributed by atoms with Gasteiger partial charge in [0.25, 0.3) is 0 Å². The van der Waals surface area contributed by atoms with E-state index in [-0.39, 0.29) is 31.0 Å². The smallest absolute Gasteiger partial charge is 0.414 e. The predicted octanol–water partition coefficient (Wildman–Crippen LogP) is 0.843. The van der Waals surface area contributed by atoms with Crippen molar-refractivity contribution in [3.8, 4) is 0 Å². The highest BCUT2D eigenvalue weighted by Crippen LogP contribution is 2.31. The van der Waals surface area contributed by atoms with Gasteiger partial charge in [-0.25, -0.2) is 9.18 Å². The molecule has 2 aliphatic rings. The lowest BCUT2D eigenvalue weighted by Crippen LogP contribution is -2.44. The van der Waals surface area contributed by atoms with Gasteiger partial charge in [-0.1, -0.05) is 6.07 Å². The van der Waals surface area contributed by atoms with Crippen LogP contribution in [0.5, 0.6) is 0 Å². The van der Waals surface area contributed by atoms with E-state index in [0.29, 0.717) is 24.3 Å². The van der Waals surface area contributed by atoms with Crippen molar-refractivity contribution in [3.05, 3.63) is 29.6 Å². The molecule has 0 saturated carbocycles. The molecule has 2 saturated heterocycles.